The number of aryl methyl sites for hydroxylation is 1. The van der Waals surface area contributed by atoms with Crippen LogP contribution in [0.15, 0.2) is 60.9 Å². The lowest BCUT2D eigenvalue weighted by molar-refractivity contribution is -0.141. The topological polar surface area (TPSA) is 75.2 Å². The van der Waals surface area contributed by atoms with Gasteiger partial charge >= 0.3 is 0 Å². The second-order valence-electron chi connectivity index (χ2n) is 11.5. The molecule has 2 aromatic heterocycles. The molecule has 3 heterocycles. The highest BCUT2D eigenvalue weighted by atomic mass is 16.2. The number of rotatable bonds is 4. The van der Waals surface area contributed by atoms with Gasteiger partial charge in [0.2, 0.25) is 11.8 Å². The van der Waals surface area contributed by atoms with Crippen LogP contribution >= 0.6 is 0 Å². The molecule has 2 aliphatic carbocycles. The number of amides is 2. The molecular formula is C31H32N4O2. The Kier molecular flexibility index (Phi) is 5.51. The molecule has 0 unspecified atom stereocenters. The molecule has 1 aromatic carbocycles. The predicted molar refractivity (Wildman–Crippen MR) is 144 cm³/mol. The van der Waals surface area contributed by atoms with Crippen molar-refractivity contribution in [2.45, 2.75) is 57.9 Å². The third-order valence-electron chi connectivity index (χ3n) is 8.02. The Bertz CT molecular complexity index is 1440. The van der Waals surface area contributed by atoms with Crippen molar-refractivity contribution in [3.63, 3.8) is 0 Å². The fraction of sp³-hybridized carbons (Fsp3) is 0.355. The van der Waals surface area contributed by atoms with Gasteiger partial charge in [-0.3, -0.25) is 14.6 Å². The second-order valence-corrected chi connectivity index (χ2v) is 11.5. The first-order chi connectivity index (χ1) is 17.8. The van der Waals surface area contributed by atoms with Crippen LogP contribution in [0.4, 0.5) is 5.82 Å². The van der Waals surface area contributed by atoms with Crippen LogP contribution < -0.4 is 5.32 Å². The van der Waals surface area contributed by atoms with E-state index in [9.17, 15) is 9.59 Å². The summed E-state index contributed by atoms with van der Waals surface area (Å²) in [6.45, 7) is 6.50. The van der Waals surface area contributed by atoms with Gasteiger partial charge in [-0.25, -0.2) is 4.98 Å². The monoisotopic (exact) mass is 492 g/mol. The summed E-state index contributed by atoms with van der Waals surface area (Å²) in [6, 6.07) is 14.6. The molecule has 6 nitrogen and oxygen atoms in total. The zero-order valence-corrected chi connectivity index (χ0v) is 21.6. The lowest BCUT2D eigenvalue weighted by Gasteiger charge is -2.34. The molecule has 188 valence electrons. The Morgan fingerprint density at radius 1 is 1.14 bits per heavy atom. The van der Waals surface area contributed by atoms with E-state index in [1.54, 1.807) is 6.20 Å². The SMILES string of the molecule is CC(C)(C)C(=O)N(C/C=C/c1cnc2c(c1)C[C@@]1(C2)C(=O)Nc2ncccc21)[C@@H]1CCc2ccccc21. The fourth-order valence-electron chi connectivity index (χ4n) is 6.17. The first kappa shape index (κ1) is 23.6. The minimum absolute atomic E-state index is 0.00414. The number of nitrogens with one attached hydrogen (secondary N) is 1. The van der Waals surface area contributed by atoms with Gasteiger partial charge in [0.15, 0.2) is 0 Å². The summed E-state index contributed by atoms with van der Waals surface area (Å²) < 4.78 is 0. The van der Waals surface area contributed by atoms with Crippen LogP contribution in [0.3, 0.4) is 0 Å². The minimum atomic E-state index is -0.618. The van der Waals surface area contributed by atoms with Crippen LogP contribution in [0, 0.1) is 5.41 Å². The average molecular weight is 493 g/mol. The number of benzene rings is 1. The number of nitrogens with zero attached hydrogens (tertiary/aromatic N) is 3. The van der Waals surface area contributed by atoms with Crippen LogP contribution in [0.1, 0.15) is 66.7 Å². The normalized spacial score (nSPS) is 21.7. The summed E-state index contributed by atoms with van der Waals surface area (Å²) in [4.78, 5) is 37.6. The number of hydrogen-bond acceptors (Lipinski definition) is 4. The van der Waals surface area contributed by atoms with Crippen molar-refractivity contribution in [3.8, 4) is 0 Å². The van der Waals surface area contributed by atoms with Crippen LogP contribution in [0.5, 0.6) is 0 Å². The molecule has 2 atom stereocenters. The Hall–Kier alpha value is -3.80. The van der Waals surface area contributed by atoms with E-state index in [4.69, 9.17) is 4.98 Å². The highest BCUT2D eigenvalue weighted by Crippen LogP contribution is 2.46. The molecule has 0 radical (unpaired) electrons. The van der Waals surface area contributed by atoms with Crippen molar-refractivity contribution in [2.24, 2.45) is 5.41 Å². The summed E-state index contributed by atoms with van der Waals surface area (Å²) >= 11 is 0. The zero-order valence-electron chi connectivity index (χ0n) is 21.6. The van der Waals surface area contributed by atoms with Gasteiger partial charge in [-0.05, 0) is 53.6 Å². The van der Waals surface area contributed by atoms with Gasteiger partial charge in [0.25, 0.3) is 0 Å². The maximum atomic E-state index is 13.5. The van der Waals surface area contributed by atoms with E-state index in [1.807, 2.05) is 50.1 Å². The smallest absolute Gasteiger partial charge is 0.237 e. The quantitative estimate of drug-likeness (QED) is 0.554. The van der Waals surface area contributed by atoms with Gasteiger partial charge < -0.3 is 10.2 Å². The zero-order chi connectivity index (χ0) is 25.8. The maximum absolute atomic E-state index is 13.5. The summed E-state index contributed by atoms with van der Waals surface area (Å²) in [5.41, 5.74) is 5.54. The number of pyridine rings is 2. The molecule has 2 amide bonds. The van der Waals surface area contributed by atoms with Gasteiger partial charge in [0.05, 0.1) is 11.5 Å². The Morgan fingerprint density at radius 3 is 2.81 bits per heavy atom. The predicted octanol–water partition coefficient (Wildman–Crippen LogP) is 5.04. The summed E-state index contributed by atoms with van der Waals surface area (Å²) in [6.07, 6.45) is 10.9. The van der Waals surface area contributed by atoms with Gasteiger partial charge in [0.1, 0.15) is 5.82 Å². The summed E-state index contributed by atoms with van der Waals surface area (Å²) in [7, 11) is 0. The molecule has 0 saturated heterocycles. The van der Waals surface area contributed by atoms with Crippen molar-refractivity contribution in [3.05, 3.63) is 94.4 Å². The third-order valence-corrected chi connectivity index (χ3v) is 8.02. The standard InChI is InChI=1S/C31H32N4O2/c1-30(2,3)29(37)35(26-13-12-21-9-4-5-10-23(21)26)15-7-8-20-16-22-17-31(18-25(22)33-19-20)24-11-6-14-32-27(24)34-28(31)36/h4-11,14,16,19,26H,12-13,15,17-18H2,1-3H3,(H,32,34,36)/b8-7+/t26-,31+/m1/s1. The number of anilines is 1. The van der Waals surface area contributed by atoms with E-state index in [-0.39, 0.29) is 17.9 Å². The summed E-state index contributed by atoms with van der Waals surface area (Å²) in [5.74, 6) is 0.828. The molecule has 1 aliphatic heterocycles. The van der Waals surface area contributed by atoms with Crippen molar-refractivity contribution < 1.29 is 9.59 Å². The molecule has 0 fully saturated rings. The van der Waals surface area contributed by atoms with Crippen LogP contribution in [0.2, 0.25) is 0 Å². The maximum Gasteiger partial charge on any atom is 0.237 e. The van der Waals surface area contributed by atoms with Crippen molar-refractivity contribution in [2.75, 3.05) is 11.9 Å². The van der Waals surface area contributed by atoms with Gasteiger partial charge in [-0.2, -0.15) is 0 Å². The molecule has 3 aliphatic rings. The molecular weight excluding hydrogens is 460 g/mol. The third kappa shape index (κ3) is 3.95. The molecule has 1 N–H and O–H groups in total. The minimum Gasteiger partial charge on any atom is -0.331 e. The number of carbonyl (C=O) groups is 2. The lowest BCUT2D eigenvalue weighted by atomic mass is 9.80. The van der Waals surface area contributed by atoms with Crippen molar-refractivity contribution in [1.82, 2.24) is 14.9 Å². The fourth-order valence-corrected chi connectivity index (χ4v) is 6.17. The van der Waals surface area contributed by atoms with E-state index in [1.165, 1.54) is 11.1 Å². The van der Waals surface area contributed by atoms with Crippen molar-refractivity contribution >= 4 is 23.7 Å². The molecule has 3 aromatic rings. The molecule has 6 rings (SSSR count). The highest BCUT2D eigenvalue weighted by Gasteiger charge is 2.51. The van der Waals surface area contributed by atoms with Gasteiger partial charge in [-0.15, -0.1) is 0 Å². The molecule has 6 heteroatoms. The second kappa shape index (κ2) is 8.65. The Labute approximate surface area is 217 Å². The molecule has 1 spiro atoms. The molecule has 37 heavy (non-hydrogen) atoms. The first-order valence-electron chi connectivity index (χ1n) is 13.1. The number of carbonyl (C=O) groups excluding carboxylic acids is 2. The molecule has 0 saturated carbocycles. The Balaban J connectivity index is 1.23. The highest BCUT2D eigenvalue weighted by molar-refractivity contribution is 6.06. The first-order valence-corrected chi connectivity index (χ1v) is 13.1. The average Bonchev–Trinajstić information content (AvgIpc) is 3.55. The van der Waals surface area contributed by atoms with Crippen LogP contribution in [-0.2, 0) is 34.3 Å². The van der Waals surface area contributed by atoms with E-state index in [0.29, 0.717) is 25.2 Å². The van der Waals surface area contributed by atoms with E-state index in [0.717, 1.165) is 35.2 Å². The van der Waals surface area contributed by atoms with E-state index < -0.39 is 10.8 Å². The van der Waals surface area contributed by atoms with Crippen LogP contribution in [0.25, 0.3) is 6.08 Å². The van der Waals surface area contributed by atoms with Crippen molar-refractivity contribution in [1.29, 1.82) is 0 Å². The number of fused-ring (bicyclic) bond motifs is 4. The van der Waals surface area contributed by atoms with E-state index >= 15 is 0 Å². The molecule has 0 bridgehead atoms. The van der Waals surface area contributed by atoms with Gasteiger partial charge in [0, 0.05) is 42.0 Å². The number of aromatic nitrogens is 2. The van der Waals surface area contributed by atoms with E-state index in [2.05, 4.69) is 46.7 Å². The largest absolute Gasteiger partial charge is 0.331 e. The van der Waals surface area contributed by atoms with Gasteiger partial charge in [-0.1, -0.05) is 63.3 Å². The number of hydrogen-bond donors (Lipinski definition) is 1. The lowest BCUT2D eigenvalue weighted by Crippen LogP contribution is -2.41. The Morgan fingerprint density at radius 2 is 1.97 bits per heavy atom. The summed E-state index contributed by atoms with van der Waals surface area (Å²) in [5, 5.41) is 2.95. The van der Waals surface area contributed by atoms with Crippen LogP contribution in [-0.4, -0.2) is 33.2 Å².